The molecule has 0 saturated carbocycles. The van der Waals surface area contributed by atoms with Crippen LogP contribution in [0.15, 0.2) is 30.6 Å². The Morgan fingerprint density at radius 3 is 2.88 bits per heavy atom. The van der Waals surface area contributed by atoms with Gasteiger partial charge in [-0.15, -0.1) is 5.10 Å². The van der Waals surface area contributed by atoms with Crippen LogP contribution in [0.5, 0.6) is 6.01 Å². The van der Waals surface area contributed by atoms with Crippen LogP contribution in [0, 0.1) is 6.92 Å². The lowest BCUT2D eigenvalue weighted by Gasteiger charge is -2.03. The Labute approximate surface area is 98.8 Å². The molecule has 4 nitrogen and oxygen atoms in total. The molecule has 5 heteroatoms. The molecule has 2 aromatic rings. The van der Waals surface area contributed by atoms with Crippen molar-refractivity contribution in [3.8, 4) is 6.01 Å². The van der Waals surface area contributed by atoms with Crippen LogP contribution in [0.1, 0.15) is 11.1 Å². The molecule has 1 aromatic carbocycles. The highest BCUT2D eigenvalue weighted by molar-refractivity contribution is 7.96. The largest absolute Gasteiger partial charge is 0.466 e. The molecule has 0 fully saturated rings. The molecule has 0 amide bonds. The van der Waals surface area contributed by atoms with Crippen LogP contribution in [0.4, 0.5) is 0 Å². The molecule has 1 heterocycles. The number of benzene rings is 1. The van der Waals surface area contributed by atoms with Crippen molar-refractivity contribution >= 4 is 11.9 Å². The number of methoxy groups -OCH3 is 1. The Kier molecular flexibility index (Phi) is 3.46. The van der Waals surface area contributed by atoms with Gasteiger partial charge in [0.25, 0.3) is 0 Å². The molecular weight excluding hydrogens is 222 g/mol. The number of hydrogen-bond donors (Lipinski definition) is 0. The predicted molar refractivity (Wildman–Crippen MR) is 64.4 cm³/mol. The van der Waals surface area contributed by atoms with Crippen LogP contribution in [0.3, 0.4) is 0 Å². The summed E-state index contributed by atoms with van der Waals surface area (Å²) in [5.41, 5.74) is 2.60. The molecule has 2 rings (SSSR count). The average Bonchev–Trinajstić information content (AvgIpc) is 2.76. The Hall–Kier alpha value is -1.49. The maximum atomic E-state index is 4.91. The van der Waals surface area contributed by atoms with E-state index in [1.807, 2.05) is 12.1 Å². The summed E-state index contributed by atoms with van der Waals surface area (Å²) >= 11 is 1.59. The normalized spacial score (nSPS) is 10.4. The molecule has 0 saturated heterocycles. The quantitative estimate of drug-likeness (QED) is 0.815. The minimum atomic E-state index is 0.400. The zero-order valence-corrected chi connectivity index (χ0v) is 10.1. The molecule has 0 spiro atoms. The van der Waals surface area contributed by atoms with Gasteiger partial charge in [-0.05, 0) is 30.0 Å². The van der Waals surface area contributed by atoms with Crippen LogP contribution >= 0.6 is 11.9 Å². The minimum Gasteiger partial charge on any atom is -0.466 e. The third kappa shape index (κ3) is 2.55. The molecule has 1 aromatic heterocycles. The first-order valence-corrected chi connectivity index (χ1v) is 5.87. The van der Waals surface area contributed by atoms with E-state index in [0.29, 0.717) is 6.01 Å². The zero-order valence-electron chi connectivity index (χ0n) is 9.25. The number of aryl methyl sites for hydroxylation is 1. The number of nitrogens with zero attached hydrogens (tertiary/aromatic N) is 3. The fourth-order valence-corrected chi connectivity index (χ4v) is 2.13. The molecule has 0 bridgehead atoms. The van der Waals surface area contributed by atoms with E-state index < -0.39 is 0 Å². The van der Waals surface area contributed by atoms with Gasteiger partial charge in [0.05, 0.1) is 7.11 Å². The van der Waals surface area contributed by atoms with Gasteiger partial charge in [-0.1, -0.05) is 24.3 Å². The van der Waals surface area contributed by atoms with Crippen molar-refractivity contribution in [1.29, 1.82) is 0 Å². The predicted octanol–water partition coefficient (Wildman–Crippen LogP) is 2.29. The van der Waals surface area contributed by atoms with Crippen LogP contribution in [-0.2, 0) is 5.75 Å². The second-order valence-electron chi connectivity index (χ2n) is 3.33. The van der Waals surface area contributed by atoms with Crippen LogP contribution in [-0.4, -0.2) is 21.3 Å². The van der Waals surface area contributed by atoms with Gasteiger partial charge >= 0.3 is 6.01 Å². The first-order chi connectivity index (χ1) is 7.79. The molecule has 0 unspecified atom stereocenters. The van der Waals surface area contributed by atoms with E-state index in [9.17, 15) is 0 Å². The fraction of sp³-hybridized carbons (Fsp3) is 0.273. The van der Waals surface area contributed by atoms with E-state index in [2.05, 4.69) is 29.1 Å². The maximum absolute atomic E-state index is 4.91. The number of ether oxygens (including phenoxy) is 1. The van der Waals surface area contributed by atoms with Gasteiger partial charge in [0.2, 0.25) is 0 Å². The van der Waals surface area contributed by atoms with Crippen molar-refractivity contribution in [3.05, 3.63) is 41.7 Å². The minimum absolute atomic E-state index is 0.400. The zero-order chi connectivity index (χ0) is 11.4. The van der Waals surface area contributed by atoms with Gasteiger partial charge in [-0.2, -0.15) is 9.07 Å². The van der Waals surface area contributed by atoms with Gasteiger partial charge in [0, 0.05) is 5.75 Å². The Morgan fingerprint density at radius 1 is 1.38 bits per heavy atom. The average molecular weight is 235 g/mol. The van der Waals surface area contributed by atoms with E-state index >= 15 is 0 Å². The summed E-state index contributed by atoms with van der Waals surface area (Å²) in [7, 11) is 1.56. The van der Waals surface area contributed by atoms with E-state index in [1.165, 1.54) is 11.1 Å². The van der Waals surface area contributed by atoms with Gasteiger partial charge < -0.3 is 4.74 Å². The molecule has 84 valence electrons. The van der Waals surface area contributed by atoms with E-state index in [4.69, 9.17) is 4.74 Å². The summed E-state index contributed by atoms with van der Waals surface area (Å²) in [4.78, 5) is 3.98. The standard InChI is InChI=1S/C11H13N3OS/c1-9-5-3-4-6-10(9)7-16-14-8-12-11(13-14)15-2/h3-6,8H,7H2,1-2H3. The van der Waals surface area contributed by atoms with Crippen molar-refractivity contribution in [1.82, 2.24) is 14.2 Å². The van der Waals surface area contributed by atoms with Gasteiger partial charge in [0.1, 0.15) is 6.33 Å². The van der Waals surface area contributed by atoms with E-state index in [-0.39, 0.29) is 0 Å². The number of aromatic nitrogens is 3. The van der Waals surface area contributed by atoms with Gasteiger partial charge in [0.15, 0.2) is 0 Å². The smallest absolute Gasteiger partial charge is 0.336 e. The van der Waals surface area contributed by atoms with Crippen LogP contribution in [0.25, 0.3) is 0 Å². The molecule has 0 radical (unpaired) electrons. The van der Waals surface area contributed by atoms with Crippen LogP contribution < -0.4 is 4.74 Å². The monoisotopic (exact) mass is 235 g/mol. The molecule has 0 aliphatic heterocycles. The third-order valence-corrected chi connectivity index (χ3v) is 3.13. The first-order valence-electron chi connectivity index (χ1n) is 4.93. The van der Waals surface area contributed by atoms with Gasteiger partial charge in [-0.25, -0.2) is 0 Å². The molecule has 0 aliphatic rings. The summed E-state index contributed by atoms with van der Waals surface area (Å²) in [5.74, 6) is 0.874. The highest BCUT2D eigenvalue weighted by Gasteiger charge is 2.02. The summed E-state index contributed by atoms with van der Waals surface area (Å²) < 4.78 is 6.63. The Balaban J connectivity index is 1.99. The first kappa shape index (κ1) is 11.0. The number of hydrogen-bond acceptors (Lipinski definition) is 4. The van der Waals surface area contributed by atoms with Crippen molar-refractivity contribution in [2.45, 2.75) is 12.7 Å². The Bertz CT molecular complexity index is 470. The topological polar surface area (TPSA) is 39.9 Å². The summed E-state index contributed by atoms with van der Waals surface area (Å²) in [6.45, 7) is 2.11. The van der Waals surface area contributed by atoms with Crippen LogP contribution in [0.2, 0.25) is 0 Å². The molecule has 0 N–H and O–H groups in total. The third-order valence-electron chi connectivity index (χ3n) is 2.25. The lowest BCUT2D eigenvalue weighted by molar-refractivity contribution is 0.381. The summed E-state index contributed by atoms with van der Waals surface area (Å²) in [5, 5.41) is 4.12. The highest BCUT2D eigenvalue weighted by Crippen LogP contribution is 2.17. The van der Waals surface area contributed by atoms with Crippen molar-refractivity contribution in [3.63, 3.8) is 0 Å². The molecule has 0 atom stereocenters. The number of rotatable bonds is 4. The van der Waals surface area contributed by atoms with Gasteiger partial charge in [-0.3, -0.25) is 0 Å². The summed E-state index contributed by atoms with van der Waals surface area (Å²) in [6, 6.07) is 8.72. The van der Waals surface area contributed by atoms with E-state index in [0.717, 1.165) is 5.75 Å². The lowest BCUT2D eigenvalue weighted by Crippen LogP contribution is -1.92. The highest BCUT2D eigenvalue weighted by atomic mass is 32.2. The second kappa shape index (κ2) is 5.03. The Morgan fingerprint density at radius 2 is 2.19 bits per heavy atom. The second-order valence-corrected chi connectivity index (χ2v) is 4.25. The van der Waals surface area contributed by atoms with Crippen molar-refractivity contribution < 1.29 is 4.74 Å². The SMILES string of the molecule is COc1ncn(SCc2ccccc2C)n1. The maximum Gasteiger partial charge on any atom is 0.336 e. The van der Waals surface area contributed by atoms with E-state index in [1.54, 1.807) is 29.5 Å². The molecular formula is C11H13N3OS. The molecule has 0 aliphatic carbocycles. The molecule has 16 heavy (non-hydrogen) atoms. The fourth-order valence-electron chi connectivity index (χ4n) is 1.30. The van der Waals surface area contributed by atoms with Crippen molar-refractivity contribution in [2.24, 2.45) is 0 Å². The summed E-state index contributed by atoms with van der Waals surface area (Å²) in [6.07, 6.45) is 1.65. The van der Waals surface area contributed by atoms with Crippen molar-refractivity contribution in [2.75, 3.05) is 7.11 Å². The lowest BCUT2D eigenvalue weighted by atomic mass is 10.1.